The molecule has 4 heteroatoms. The van der Waals surface area contributed by atoms with Crippen molar-refractivity contribution in [1.82, 2.24) is 4.90 Å². The van der Waals surface area contributed by atoms with Crippen LogP contribution in [0.1, 0.15) is 11.5 Å². The van der Waals surface area contributed by atoms with E-state index in [-0.39, 0.29) is 5.82 Å². The van der Waals surface area contributed by atoms with Gasteiger partial charge in [-0.2, -0.15) is 0 Å². The number of likely N-dealkylation sites (N-methyl/N-ethyl adjacent to an activating group) is 1. The highest BCUT2D eigenvalue weighted by molar-refractivity contribution is 5.42. The molecule has 19 heavy (non-hydrogen) atoms. The Hall–Kier alpha value is -1.81. The molecule has 0 amide bonds. The molecule has 0 radical (unpaired) electrons. The molecule has 2 aromatic rings. The lowest BCUT2D eigenvalue weighted by Gasteiger charge is -2.16. The van der Waals surface area contributed by atoms with Crippen LogP contribution >= 0.6 is 0 Å². The fourth-order valence-corrected chi connectivity index (χ4v) is 1.87. The van der Waals surface area contributed by atoms with Crippen LogP contribution in [0.15, 0.2) is 40.8 Å². The predicted octanol–water partition coefficient (Wildman–Crippen LogP) is 3.27. The molecule has 0 saturated heterocycles. The number of hydrogen-bond donors (Lipinski definition) is 1. The quantitative estimate of drug-likeness (QED) is 0.866. The van der Waals surface area contributed by atoms with Crippen LogP contribution < -0.4 is 5.32 Å². The normalized spacial score (nSPS) is 10.9. The van der Waals surface area contributed by atoms with Gasteiger partial charge in [0.05, 0.1) is 6.54 Å². The number of furan rings is 1. The summed E-state index contributed by atoms with van der Waals surface area (Å²) in [5.41, 5.74) is 0.934. The van der Waals surface area contributed by atoms with Gasteiger partial charge in [-0.05, 0) is 50.4 Å². The maximum Gasteiger partial charge on any atom is 0.123 e. The molecule has 3 nitrogen and oxygen atoms in total. The van der Waals surface area contributed by atoms with Gasteiger partial charge in [-0.3, -0.25) is 4.90 Å². The number of anilines is 1. The molecule has 1 aromatic heterocycles. The summed E-state index contributed by atoms with van der Waals surface area (Å²) in [4.78, 5) is 2.18. The molecular formula is C15H19FN2O. The molecule has 0 aliphatic heterocycles. The van der Waals surface area contributed by atoms with Crippen molar-refractivity contribution < 1.29 is 8.81 Å². The zero-order chi connectivity index (χ0) is 13.7. The van der Waals surface area contributed by atoms with Gasteiger partial charge in [0, 0.05) is 18.8 Å². The first kappa shape index (κ1) is 13.6. The fourth-order valence-electron chi connectivity index (χ4n) is 1.87. The molecule has 0 atom stereocenters. The molecule has 1 heterocycles. The average molecular weight is 262 g/mol. The number of nitrogens with zero attached hydrogens (tertiary/aromatic N) is 1. The molecule has 0 spiro atoms. The van der Waals surface area contributed by atoms with Gasteiger partial charge in [-0.15, -0.1) is 0 Å². The number of rotatable bonds is 6. The van der Waals surface area contributed by atoms with Gasteiger partial charge in [0.15, 0.2) is 0 Å². The van der Waals surface area contributed by atoms with Gasteiger partial charge < -0.3 is 9.73 Å². The molecule has 2 rings (SSSR count). The first-order valence-corrected chi connectivity index (χ1v) is 6.37. The molecule has 1 aromatic carbocycles. The van der Waals surface area contributed by atoms with Crippen molar-refractivity contribution in [2.45, 2.75) is 13.5 Å². The largest absolute Gasteiger partial charge is 0.465 e. The predicted molar refractivity (Wildman–Crippen MR) is 74.7 cm³/mol. The van der Waals surface area contributed by atoms with Gasteiger partial charge in [0.25, 0.3) is 0 Å². The van der Waals surface area contributed by atoms with Crippen LogP contribution in [0.25, 0.3) is 0 Å². The second-order valence-corrected chi connectivity index (χ2v) is 4.68. The summed E-state index contributed by atoms with van der Waals surface area (Å²) in [5.74, 6) is 1.70. The van der Waals surface area contributed by atoms with Gasteiger partial charge in [0.1, 0.15) is 17.3 Å². The van der Waals surface area contributed by atoms with Crippen LogP contribution in [0, 0.1) is 12.7 Å². The van der Waals surface area contributed by atoms with Crippen molar-refractivity contribution in [3.05, 3.63) is 53.7 Å². The highest BCUT2D eigenvalue weighted by Gasteiger charge is 2.03. The Morgan fingerprint density at radius 1 is 1.16 bits per heavy atom. The zero-order valence-electron chi connectivity index (χ0n) is 11.3. The van der Waals surface area contributed by atoms with Gasteiger partial charge in [-0.1, -0.05) is 0 Å². The van der Waals surface area contributed by atoms with E-state index in [1.807, 2.05) is 26.1 Å². The molecule has 102 valence electrons. The van der Waals surface area contributed by atoms with Crippen molar-refractivity contribution in [3.63, 3.8) is 0 Å². The molecule has 0 aliphatic rings. The van der Waals surface area contributed by atoms with Crippen LogP contribution in [0.4, 0.5) is 10.1 Å². The smallest absolute Gasteiger partial charge is 0.123 e. The Bertz CT molecular complexity index is 507. The Morgan fingerprint density at radius 2 is 1.89 bits per heavy atom. The first-order valence-electron chi connectivity index (χ1n) is 6.37. The van der Waals surface area contributed by atoms with E-state index in [2.05, 4.69) is 10.2 Å². The summed E-state index contributed by atoms with van der Waals surface area (Å²) in [6.07, 6.45) is 0. The molecule has 0 bridgehead atoms. The highest BCUT2D eigenvalue weighted by atomic mass is 19.1. The summed E-state index contributed by atoms with van der Waals surface area (Å²) >= 11 is 0. The monoisotopic (exact) mass is 262 g/mol. The number of hydrogen-bond acceptors (Lipinski definition) is 3. The fraction of sp³-hybridized carbons (Fsp3) is 0.333. The van der Waals surface area contributed by atoms with Crippen LogP contribution in [-0.4, -0.2) is 25.0 Å². The van der Waals surface area contributed by atoms with Crippen LogP contribution in [-0.2, 0) is 6.54 Å². The summed E-state index contributed by atoms with van der Waals surface area (Å²) in [6, 6.07) is 10.4. The van der Waals surface area contributed by atoms with E-state index in [0.29, 0.717) is 0 Å². The summed E-state index contributed by atoms with van der Waals surface area (Å²) < 4.78 is 18.3. The van der Waals surface area contributed by atoms with E-state index in [4.69, 9.17) is 4.42 Å². The molecule has 0 saturated carbocycles. The minimum absolute atomic E-state index is 0.212. The topological polar surface area (TPSA) is 28.4 Å². The number of nitrogens with one attached hydrogen (secondary N) is 1. The Balaban J connectivity index is 1.71. The third kappa shape index (κ3) is 4.41. The van der Waals surface area contributed by atoms with Crippen molar-refractivity contribution in [2.75, 3.05) is 25.5 Å². The summed E-state index contributed by atoms with van der Waals surface area (Å²) in [5, 5.41) is 3.25. The second-order valence-electron chi connectivity index (χ2n) is 4.68. The first-order chi connectivity index (χ1) is 9.13. The van der Waals surface area contributed by atoms with Gasteiger partial charge in [-0.25, -0.2) is 4.39 Å². The van der Waals surface area contributed by atoms with Crippen molar-refractivity contribution in [3.8, 4) is 0 Å². The SMILES string of the molecule is Cc1ccc(CN(C)CCNc2ccc(F)cc2)o1. The third-order valence-corrected chi connectivity index (χ3v) is 2.89. The van der Waals surface area contributed by atoms with E-state index in [1.165, 1.54) is 12.1 Å². The van der Waals surface area contributed by atoms with E-state index < -0.39 is 0 Å². The standard InChI is InChI=1S/C15H19FN2O/c1-12-3-8-15(19-12)11-18(2)10-9-17-14-6-4-13(16)5-7-14/h3-8,17H,9-11H2,1-2H3. The Kier molecular flexibility index (Phi) is 4.58. The van der Waals surface area contributed by atoms with Crippen LogP contribution in [0.5, 0.6) is 0 Å². The average Bonchev–Trinajstić information content (AvgIpc) is 2.77. The van der Waals surface area contributed by atoms with Crippen molar-refractivity contribution >= 4 is 5.69 Å². The minimum atomic E-state index is -0.212. The van der Waals surface area contributed by atoms with E-state index >= 15 is 0 Å². The lowest BCUT2D eigenvalue weighted by Crippen LogP contribution is -2.24. The van der Waals surface area contributed by atoms with Crippen LogP contribution in [0.2, 0.25) is 0 Å². The zero-order valence-corrected chi connectivity index (χ0v) is 11.3. The van der Waals surface area contributed by atoms with E-state index in [1.54, 1.807) is 12.1 Å². The number of benzene rings is 1. The second kappa shape index (κ2) is 6.38. The van der Waals surface area contributed by atoms with Gasteiger partial charge >= 0.3 is 0 Å². The third-order valence-electron chi connectivity index (χ3n) is 2.89. The lowest BCUT2D eigenvalue weighted by atomic mass is 10.3. The van der Waals surface area contributed by atoms with Crippen LogP contribution in [0.3, 0.4) is 0 Å². The van der Waals surface area contributed by atoms with Crippen molar-refractivity contribution in [1.29, 1.82) is 0 Å². The Labute approximate surface area is 113 Å². The molecule has 0 aliphatic carbocycles. The number of aryl methyl sites for hydroxylation is 1. The molecule has 0 fully saturated rings. The molecule has 0 unspecified atom stereocenters. The highest BCUT2D eigenvalue weighted by Crippen LogP contribution is 2.09. The maximum absolute atomic E-state index is 12.7. The maximum atomic E-state index is 12.7. The Morgan fingerprint density at radius 3 is 2.53 bits per heavy atom. The van der Waals surface area contributed by atoms with E-state index in [9.17, 15) is 4.39 Å². The lowest BCUT2D eigenvalue weighted by molar-refractivity contribution is 0.302. The van der Waals surface area contributed by atoms with Crippen molar-refractivity contribution in [2.24, 2.45) is 0 Å². The minimum Gasteiger partial charge on any atom is -0.465 e. The van der Waals surface area contributed by atoms with E-state index in [0.717, 1.165) is 36.8 Å². The summed E-state index contributed by atoms with van der Waals surface area (Å²) in [7, 11) is 2.05. The molecular weight excluding hydrogens is 243 g/mol. The van der Waals surface area contributed by atoms with Gasteiger partial charge in [0.2, 0.25) is 0 Å². The number of halogens is 1. The molecule has 1 N–H and O–H groups in total. The summed E-state index contributed by atoms with van der Waals surface area (Å²) in [6.45, 7) is 4.43.